The van der Waals surface area contributed by atoms with Gasteiger partial charge in [0, 0.05) is 0 Å². The summed E-state index contributed by atoms with van der Waals surface area (Å²) in [6.45, 7) is 4.07. The number of benzene rings is 1. The smallest absolute Gasteiger partial charge is 0.423 e. The normalized spacial score (nSPS) is 9.86. The van der Waals surface area contributed by atoms with Crippen LogP contribution in [0, 0.1) is 0 Å². The zero-order chi connectivity index (χ0) is 10.4. The predicted molar refractivity (Wildman–Crippen MR) is 55.4 cm³/mol. The molecular formula is C10H13BO3. The van der Waals surface area contributed by atoms with E-state index in [1.165, 1.54) is 0 Å². The molecule has 3 nitrogen and oxygen atoms in total. The number of hydrogen-bond donors (Lipinski definition) is 2. The molecule has 0 amide bonds. The molecular weight excluding hydrogens is 179 g/mol. The molecule has 0 bridgehead atoms. The van der Waals surface area contributed by atoms with E-state index in [0.29, 0.717) is 6.61 Å². The first kappa shape index (κ1) is 11.0. The van der Waals surface area contributed by atoms with Crippen LogP contribution in [-0.2, 0) is 11.3 Å². The lowest BCUT2D eigenvalue weighted by Gasteiger charge is -2.05. The SMILES string of the molecule is C=C(COCc1ccccc1)B(O)O. The van der Waals surface area contributed by atoms with Crippen molar-refractivity contribution in [1.82, 2.24) is 0 Å². The summed E-state index contributed by atoms with van der Waals surface area (Å²) in [6.07, 6.45) is 0. The van der Waals surface area contributed by atoms with E-state index in [9.17, 15) is 0 Å². The molecule has 0 fully saturated rings. The lowest BCUT2D eigenvalue weighted by atomic mass is 9.81. The van der Waals surface area contributed by atoms with Crippen molar-refractivity contribution in [1.29, 1.82) is 0 Å². The molecule has 4 heteroatoms. The summed E-state index contributed by atoms with van der Waals surface area (Å²) >= 11 is 0. The summed E-state index contributed by atoms with van der Waals surface area (Å²) in [6, 6.07) is 9.67. The summed E-state index contributed by atoms with van der Waals surface area (Å²) in [5, 5.41) is 17.4. The third-order valence-corrected chi connectivity index (χ3v) is 1.76. The molecule has 0 saturated heterocycles. The van der Waals surface area contributed by atoms with Crippen LogP contribution < -0.4 is 0 Å². The van der Waals surface area contributed by atoms with Gasteiger partial charge in [-0.3, -0.25) is 0 Å². The monoisotopic (exact) mass is 192 g/mol. The average molecular weight is 192 g/mol. The quantitative estimate of drug-likeness (QED) is 0.677. The van der Waals surface area contributed by atoms with E-state index in [2.05, 4.69) is 6.58 Å². The summed E-state index contributed by atoms with van der Waals surface area (Å²) in [5.74, 6) is 0. The predicted octanol–water partition coefficient (Wildman–Crippen LogP) is 0.771. The minimum atomic E-state index is -1.49. The second kappa shape index (κ2) is 5.60. The molecule has 0 aliphatic carbocycles. The van der Waals surface area contributed by atoms with Crippen molar-refractivity contribution in [3.8, 4) is 0 Å². The van der Waals surface area contributed by atoms with Gasteiger partial charge in [-0.2, -0.15) is 0 Å². The van der Waals surface area contributed by atoms with Crippen LogP contribution >= 0.6 is 0 Å². The van der Waals surface area contributed by atoms with E-state index >= 15 is 0 Å². The van der Waals surface area contributed by atoms with E-state index in [1.807, 2.05) is 30.3 Å². The molecule has 0 radical (unpaired) electrons. The zero-order valence-corrected chi connectivity index (χ0v) is 7.89. The summed E-state index contributed by atoms with van der Waals surface area (Å²) in [4.78, 5) is 0. The second-order valence-electron chi connectivity index (χ2n) is 3.01. The van der Waals surface area contributed by atoms with Gasteiger partial charge in [-0.05, 0) is 11.0 Å². The number of ether oxygens (including phenoxy) is 1. The third-order valence-electron chi connectivity index (χ3n) is 1.76. The van der Waals surface area contributed by atoms with E-state index < -0.39 is 7.12 Å². The highest BCUT2D eigenvalue weighted by Gasteiger charge is 2.11. The minimum absolute atomic E-state index is 0.159. The molecule has 0 atom stereocenters. The molecule has 0 aromatic heterocycles. The van der Waals surface area contributed by atoms with Crippen molar-refractivity contribution in [3.63, 3.8) is 0 Å². The van der Waals surface area contributed by atoms with Crippen LogP contribution in [0.3, 0.4) is 0 Å². The number of hydrogen-bond acceptors (Lipinski definition) is 3. The lowest BCUT2D eigenvalue weighted by molar-refractivity contribution is 0.143. The third kappa shape index (κ3) is 3.74. The molecule has 1 rings (SSSR count). The van der Waals surface area contributed by atoms with E-state index in [4.69, 9.17) is 14.8 Å². The highest BCUT2D eigenvalue weighted by Crippen LogP contribution is 2.02. The molecule has 0 aliphatic rings. The topological polar surface area (TPSA) is 49.7 Å². The Hall–Kier alpha value is -1.10. The van der Waals surface area contributed by atoms with Crippen molar-refractivity contribution in [3.05, 3.63) is 47.9 Å². The Kier molecular flexibility index (Phi) is 4.39. The van der Waals surface area contributed by atoms with Crippen LogP contribution in [0.4, 0.5) is 0 Å². The highest BCUT2D eigenvalue weighted by molar-refractivity contribution is 6.50. The Morgan fingerprint density at radius 2 is 1.93 bits per heavy atom. The number of rotatable bonds is 5. The largest absolute Gasteiger partial charge is 0.485 e. The van der Waals surface area contributed by atoms with Crippen molar-refractivity contribution < 1.29 is 14.8 Å². The Balaban J connectivity index is 2.26. The van der Waals surface area contributed by atoms with Gasteiger partial charge in [-0.1, -0.05) is 30.3 Å². The van der Waals surface area contributed by atoms with Crippen molar-refractivity contribution in [2.45, 2.75) is 6.61 Å². The van der Waals surface area contributed by atoms with Crippen molar-refractivity contribution >= 4 is 7.12 Å². The molecule has 0 spiro atoms. The fourth-order valence-corrected chi connectivity index (χ4v) is 0.949. The fraction of sp³-hybridized carbons (Fsp3) is 0.200. The van der Waals surface area contributed by atoms with Gasteiger partial charge >= 0.3 is 7.12 Å². The lowest BCUT2D eigenvalue weighted by Crippen LogP contribution is -2.18. The van der Waals surface area contributed by atoms with Crippen molar-refractivity contribution in [2.24, 2.45) is 0 Å². The molecule has 2 N–H and O–H groups in total. The maximum atomic E-state index is 8.69. The Morgan fingerprint density at radius 3 is 2.50 bits per heavy atom. The Labute approximate surface area is 83.8 Å². The summed E-state index contributed by atoms with van der Waals surface area (Å²) in [7, 11) is -1.49. The summed E-state index contributed by atoms with van der Waals surface area (Å²) in [5.41, 5.74) is 1.31. The van der Waals surface area contributed by atoms with Gasteiger partial charge in [0.1, 0.15) is 0 Å². The molecule has 0 unspecified atom stereocenters. The van der Waals surface area contributed by atoms with Crippen LogP contribution in [0.2, 0.25) is 0 Å². The maximum absolute atomic E-state index is 8.69. The van der Waals surface area contributed by atoms with Gasteiger partial charge in [0.25, 0.3) is 0 Å². The molecule has 0 heterocycles. The molecule has 0 aliphatic heterocycles. The Bertz CT molecular complexity index is 285. The molecule has 0 saturated carbocycles. The standard InChI is InChI=1S/C10H13BO3/c1-9(11(12)13)7-14-8-10-5-3-2-4-6-10/h2-6,12-13H,1,7-8H2. The molecule has 1 aromatic carbocycles. The second-order valence-corrected chi connectivity index (χ2v) is 3.01. The van der Waals surface area contributed by atoms with Gasteiger partial charge in [-0.25, -0.2) is 0 Å². The first-order chi connectivity index (χ1) is 6.70. The van der Waals surface area contributed by atoms with Gasteiger partial charge in [0.15, 0.2) is 0 Å². The van der Waals surface area contributed by atoms with E-state index in [-0.39, 0.29) is 12.1 Å². The van der Waals surface area contributed by atoms with Crippen LogP contribution in [0.25, 0.3) is 0 Å². The van der Waals surface area contributed by atoms with E-state index in [1.54, 1.807) is 0 Å². The van der Waals surface area contributed by atoms with Gasteiger partial charge in [-0.15, -0.1) is 6.58 Å². The molecule has 14 heavy (non-hydrogen) atoms. The fourth-order valence-electron chi connectivity index (χ4n) is 0.949. The van der Waals surface area contributed by atoms with Crippen LogP contribution in [0.15, 0.2) is 42.4 Å². The summed E-state index contributed by atoms with van der Waals surface area (Å²) < 4.78 is 5.22. The first-order valence-corrected chi connectivity index (χ1v) is 4.35. The van der Waals surface area contributed by atoms with E-state index in [0.717, 1.165) is 5.56 Å². The van der Waals surface area contributed by atoms with Crippen molar-refractivity contribution in [2.75, 3.05) is 6.61 Å². The van der Waals surface area contributed by atoms with Gasteiger partial charge in [0.05, 0.1) is 13.2 Å². The molecule has 74 valence electrons. The van der Waals surface area contributed by atoms with Gasteiger partial charge < -0.3 is 14.8 Å². The Morgan fingerprint density at radius 1 is 1.29 bits per heavy atom. The first-order valence-electron chi connectivity index (χ1n) is 4.35. The highest BCUT2D eigenvalue weighted by atomic mass is 16.5. The van der Waals surface area contributed by atoms with Gasteiger partial charge in [0.2, 0.25) is 0 Å². The van der Waals surface area contributed by atoms with Crippen LogP contribution in [0.5, 0.6) is 0 Å². The maximum Gasteiger partial charge on any atom is 0.485 e. The van der Waals surface area contributed by atoms with Crippen LogP contribution in [0.1, 0.15) is 5.56 Å². The average Bonchev–Trinajstić information content (AvgIpc) is 2.19. The van der Waals surface area contributed by atoms with Crippen LogP contribution in [-0.4, -0.2) is 23.8 Å². The zero-order valence-electron chi connectivity index (χ0n) is 7.89. The molecule has 1 aromatic rings. The minimum Gasteiger partial charge on any atom is -0.423 e.